The van der Waals surface area contributed by atoms with E-state index in [0.717, 1.165) is 43.8 Å². The first kappa shape index (κ1) is 21.6. The van der Waals surface area contributed by atoms with Crippen molar-refractivity contribution in [3.8, 4) is 17.5 Å². The van der Waals surface area contributed by atoms with Crippen molar-refractivity contribution in [2.45, 2.75) is 19.3 Å². The topological polar surface area (TPSA) is 83.2 Å². The second-order valence-corrected chi connectivity index (χ2v) is 8.09. The van der Waals surface area contributed by atoms with Gasteiger partial charge in [-0.1, -0.05) is 30.3 Å². The molecule has 0 radical (unpaired) electrons. The van der Waals surface area contributed by atoms with Gasteiger partial charge in [-0.2, -0.15) is 10.4 Å². The minimum atomic E-state index is -0.132. The van der Waals surface area contributed by atoms with Crippen molar-refractivity contribution >= 4 is 11.7 Å². The smallest absolute Gasteiger partial charge is 0.239 e. The molecule has 0 saturated carbocycles. The van der Waals surface area contributed by atoms with Crippen molar-refractivity contribution < 1.29 is 9.53 Å². The largest absolute Gasteiger partial charge is 0.497 e. The van der Waals surface area contributed by atoms with Crippen LogP contribution in [0.4, 0.5) is 5.82 Å². The number of hydrogen-bond acceptors (Lipinski definition) is 5. The second kappa shape index (κ2) is 10.1. The zero-order chi connectivity index (χ0) is 22.3. The molecule has 0 atom stereocenters. The SMILES string of the molecule is COc1ccc(CC2CCN(CC(=O)Nc3c(C#N)cnn3-c3ccccc3)CC2)cc1. The molecule has 0 aliphatic carbocycles. The fourth-order valence-corrected chi connectivity index (χ4v) is 4.13. The van der Waals surface area contributed by atoms with Crippen LogP contribution in [0.2, 0.25) is 0 Å². The van der Waals surface area contributed by atoms with Crippen LogP contribution >= 0.6 is 0 Å². The van der Waals surface area contributed by atoms with Crippen LogP contribution in [0.25, 0.3) is 5.69 Å². The van der Waals surface area contributed by atoms with Gasteiger partial charge in [0.2, 0.25) is 5.91 Å². The second-order valence-electron chi connectivity index (χ2n) is 8.09. The monoisotopic (exact) mass is 429 g/mol. The Kier molecular flexibility index (Phi) is 6.83. The summed E-state index contributed by atoms with van der Waals surface area (Å²) in [5, 5.41) is 16.6. The summed E-state index contributed by atoms with van der Waals surface area (Å²) >= 11 is 0. The van der Waals surface area contributed by atoms with Crippen molar-refractivity contribution in [1.29, 1.82) is 5.26 Å². The van der Waals surface area contributed by atoms with Crippen LogP contribution in [0, 0.1) is 17.2 Å². The van der Waals surface area contributed by atoms with E-state index >= 15 is 0 Å². The van der Waals surface area contributed by atoms with E-state index in [4.69, 9.17) is 4.74 Å². The van der Waals surface area contributed by atoms with Crippen molar-refractivity contribution in [2.75, 3.05) is 32.1 Å². The minimum Gasteiger partial charge on any atom is -0.497 e. The van der Waals surface area contributed by atoms with Crippen LogP contribution < -0.4 is 10.1 Å². The lowest BCUT2D eigenvalue weighted by molar-refractivity contribution is -0.117. The number of nitrogens with one attached hydrogen (secondary N) is 1. The summed E-state index contributed by atoms with van der Waals surface area (Å²) in [6, 6.07) is 19.8. The van der Waals surface area contributed by atoms with E-state index in [1.807, 2.05) is 42.5 Å². The van der Waals surface area contributed by atoms with Crippen LogP contribution in [0.15, 0.2) is 60.8 Å². The average Bonchev–Trinajstić information content (AvgIpc) is 3.23. The van der Waals surface area contributed by atoms with E-state index in [-0.39, 0.29) is 5.91 Å². The van der Waals surface area contributed by atoms with E-state index in [1.54, 1.807) is 11.8 Å². The molecule has 4 rings (SSSR count). The van der Waals surface area contributed by atoms with Gasteiger partial charge in [0.15, 0.2) is 5.82 Å². The third-order valence-electron chi connectivity index (χ3n) is 5.91. The van der Waals surface area contributed by atoms with Crippen molar-refractivity contribution in [2.24, 2.45) is 5.92 Å². The van der Waals surface area contributed by atoms with Crippen LogP contribution in [0.5, 0.6) is 5.75 Å². The maximum atomic E-state index is 12.7. The van der Waals surface area contributed by atoms with Gasteiger partial charge < -0.3 is 10.1 Å². The molecule has 1 amide bonds. The quantitative estimate of drug-likeness (QED) is 0.620. The number of benzene rings is 2. The molecule has 32 heavy (non-hydrogen) atoms. The summed E-state index contributed by atoms with van der Waals surface area (Å²) in [7, 11) is 1.68. The number of nitrogens with zero attached hydrogens (tertiary/aromatic N) is 4. The molecule has 2 heterocycles. The molecule has 164 valence electrons. The molecule has 2 aromatic carbocycles. The normalized spacial score (nSPS) is 14.6. The van der Waals surface area contributed by atoms with Gasteiger partial charge in [-0.25, -0.2) is 4.68 Å². The molecular weight excluding hydrogens is 402 g/mol. The van der Waals surface area contributed by atoms with Crippen molar-refractivity contribution in [3.05, 3.63) is 71.9 Å². The minimum absolute atomic E-state index is 0.132. The van der Waals surface area contributed by atoms with Crippen molar-refractivity contribution in [1.82, 2.24) is 14.7 Å². The van der Waals surface area contributed by atoms with E-state index in [9.17, 15) is 10.1 Å². The molecule has 7 nitrogen and oxygen atoms in total. The maximum absolute atomic E-state index is 12.7. The summed E-state index contributed by atoms with van der Waals surface area (Å²) in [5.41, 5.74) is 2.46. The zero-order valence-electron chi connectivity index (χ0n) is 18.2. The molecule has 1 saturated heterocycles. The highest BCUT2D eigenvalue weighted by Gasteiger charge is 2.22. The number of aromatic nitrogens is 2. The van der Waals surface area contributed by atoms with E-state index in [2.05, 4.69) is 33.5 Å². The van der Waals surface area contributed by atoms with E-state index < -0.39 is 0 Å². The number of para-hydroxylation sites is 1. The highest BCUT2D eigenvalue weighted by Crippen LogP contribution is 2.23. The summed E-state index contributed by atoms with van der Waals surface area (Å²) in [6.45, 7) is 2.08. The molecule has 1 aliphatic rings. The third kappa shape index (κ3) is 5.16. The average molecular weight is 430 g/mol. The maximum Gasteiger partial charge on any atom is 0.239 e. The first-order valence-corrected chi connectivity index (χ1v) is 10.8. The lowest BCUT2D eigenvalue weighted by atomic mass is 9.90. The van der Waals surface area contributed by atoms with E-state index in [1.165, 1.54) is 11.8 Å². The van der Waals surface area contributed by atoms with Gasteiger partial charge in [-0.05, 0) is 68.1 Å². The molecule has 3 aromatic rings. The fourth-order valence-electron chi connectivity index (χ4n) is 4.13. The van der Waals surface area contributed by atoms with Gasteiger partial charge in [-0.15, -0.1) is 0 Å². The van der Waals surface area contributed by atoms with E-state index in [0.29, 0.717) is 23.8 Å². The number of amides is 1. The highest BCUT2D eigenvalue weighted by molar-refractivity contribution is 5.93. The van der Waals surface area contributed by atoms with Gasteiger partial charge in [0.1, 0.15) is 17.4 Å². The Morgan fingerprint density at radius 3 is 2.53 bits per heavy atom. The Morgan fingerprint density at radius 1 is 1.16 bits per heavy atom. The fraction of sp³-hybridized carbons (Fsp3) is 0.320. The zero-order valence-corrected chi connectivity index (χ0v) is 18.2. The van der Waals surface area contributed by atoms with Crippen LogP contribution in [-0.2, 0) is 11.2 Å². The molecule has 0 bridgehead atoms. The summed E-state index contributed by atoms with van der Waals surface area (Å²) in [5.74, 6) is 1.78. The Balaban J connectivity index is 1.31. The number of piperidine rings is 1. The Morgan fingerprint density at radius 2 is 1.88 bits per heavy atom. The molecule has 1 aliphatic heterocycles. The summed E-state index contributed by atoms with van der Waals surface area (Å²) in [4.78, 5) is 14.9. The van der Waals surface area contributed by atoms with Gasteiger partial charge in [0.05, 0.1) is 25.5 Å². The first-order chi connectivity index (χ1) is 15.7. The lowest BCUT2D eigenvalue weighted by Crippen LogP contribution is -2.39. The predicted octanol–water partition coefficient (Wildman–Crippen LogP) is 3.65. The van der Waals surface area contributed by atoms with Gasteiger partial charge in [-0.3, -0.25) is 9.69 Å². The number of rotatable bonds is 7. The van der Waals surface area contributed by atoms with Crippen LogP contribution in [-0.4, -0.2) is 47.3 Å². The molecule has 1 fully saturated rings. The van der Waals surface area contributed by atoms with Crippen LogP contribution in [0.1, 0.15) is 24.0 Å². The standard InChI is InChI=1S/C25H27N5O2/c1-32-23-9-7-19(8-10-23)15-20-11-13-29(14-12-20)18-24(31)28-25-21(16-26)17-27-30(25)22-5-3-2-4-6-22/h2-10,17,20H,11-15,18H2,1H3,(H,28,31). The Bertz CT molecular complexity index is 1080. The first-order valence-electron chi connectivity index (χ1n) is 10.8. The highest BCUT2D eigenvalue weighted by atomic mass is 16.5. The number of ether oxygens (including phenoxy) is 1. The van der Waals surface area contributed by atoms with Crippen LogP contribution in [0.3, 0.4) is 0 Å². The van der Waals surface area contributed by atoms with Gasteiger partial charge in [0.25, 0.3) is 0 Å². The molecular formula is C25H27N5O2. The lowest BCUT2D eigenvalue weighted by Gasteiger charge is -2.31. The number of likely N-dealkylation sites (tertiary alicyclic amines) is 1. The molecule has 1 N–H and O–H groups in total. The number of anilines is 1. The Labute approximate surface area is 188 Å². The molecule has 0 unspecified atom stereocenters. The molecule has 7 heteroatoms. The Hall–Kier alpha value is -3.63. The molecule has 1 aromatic heterocycles. The number of carbonyl (C=O) groups is 1. The van der Waals surface area contributed by atoms with Gasteiger partial charge >= 0.3 is 0 Å². The predicted molar refractivity (Wildman–Crippen MR) is 123 cm³/mol. The summed E-state index contributed by atoms with van der Waals surface area (Å²) in [6.07, 6.45) is 4.65. The number of nitriles is 1. The summed E-state index contributed by atoms with van der Waals surface area (Å²) < 4.78 is 6.82. The third-order valence-corrected chi connectivity index (χ3v) is 5.91. The number of carbonyl (C=O) groups excluding carboxylic acids is 1. The van der Waals surface area contributed by atoms with Gasteiger partial charge in [0, 0.05) is 0 Å². The van der Waals surface area contributed by atoms with Crippen molar-refractivity contribution in [3.63, 3.8) is 0 Å². The number of hydrogen-bond donors (Lipinski definition) is 1. The molecule has 0 spiro atoms. The number of methoxy groups -OCH3 is 1.